The molecule has 21 heavy (non-hydrogen) atoms. The van der Waals surface area contributed by atoms with Crippen molar-refractivity contribution < 1.29 is 19.1 Å². The van der Waals surface area contributed by atoms with Gasteiger partial charge in [-0.1, -0.05) is 0 Å². The van der Waals surface area contributed by atoms with Crippen molar-refractivity contribution in [3.05, 3.63) is 0 Å². The molecule has 0 aliphatic carbocycles. The van der Waals surface area contributed by atoms with Gasteiger partial charge < -0.3 is 15.0 Å². The van der Waals surface area contributed by atoms with Crippen molar-refractivity contribution in [1.29, 1.82) is 0 Å². The number of urea groups is 1. The highest BCUT2D eigenvalue weighted by molar-refractivity contribution is 6.07. The zero-order chi connectivity index (χ0) is 15.6. The molecular formula is C14H23N3O4. The van der Waals surface area contributed by atoms with E-state index in [9.17, 15) is 14.4 Å². The number of ether oxygens (including phenoxy) is 1. The number of hydrogen-bond acceptors (Lipinski definition) is 4. The number of carbonyl (C=O) groups excluding carboxylic acids is 3. The number of likely N-dealkylation sites (tertiary alicyclic amines) is 1. The largest absolute Gasteiger partial charge is 0.381 e. The average Bonchev–Trinajstić information content (AvgIpc) is 2.73. The molecule has 7 nitrogen and oxygen atoms in total. The van der Waals surface area contributed by atoms with E-state index in [1.807, 2.05) is 0 Å². The van der Waals surface area contributed by atoms with E-state index >= 15 is 0 Å². The molecule has 0 bridgehead atoms. The Hall–Kier alpha value is -1.63. The Kier molecular flexibility index (Phi) is 4.82. The van der Waals surface area contributed by atoms with Crippen LogP contribution in [0.25, 0.3) is 0 Å². The van der Waals surface area contributed by atoms with Gasteiger partial charge in [0, 0.05) is 32.3 Å². The van der Waals surface area contributed by atoms with E-state index in [-0.39, 0.29) is 36.3 Å². The highest BCUT2D eigenvalue weighted by atomic mass is 16.5. The van der Waals surface area contributed by atoms with Crippen LogP contribution in [0.3, 0.4) is 0 Å². The van der Waals surface area contributed by atoms with Crippen LogP contribution in [0.4, 0.5) is 4.79 Å². The third-order valence-electron chi connectivity index (χ3n) is 4.06. The molecule has 2 saturated heterocycles. The molecule has 2 heterocycles. The van der Waals surface area contributed by atoms with E-state index in [1.54, 1.807) is 25.8 Å². The maximum absolute atomic E-state index is 12.2. The van der Waals surface area contributed by atoms with Crippen LogP contribution in [-0.4, -0.2) is 66.0 Å². The molecule has 2 aliphatic heterocycles. The molecule has 118 valence electrons. The third-order valence-corrected chi connectivity index (χ3v) is 4.06. The second-order valence-corrected chi connectivity index (χ2v) is 5.86. The van der Waals surface area contributed by atoms with E-state index in [0.717, 1.165) is 12.8 Å². The van der Waals surface area contributed by atoms with Crippen LogP contribution in [-0.2, 0) is 14.3 Å². The van der Waals surface area contributed by atoms with Gasteiger partial charge in [0.1, 0.15) is 6.04 Å². The number of hydrogen-bond donors (Lipinski definition) is 1. The Balaban J connectivity index is 1.93. The Labute approximate surface area is 124 Å². The second kappa shape index (κ2) is 6.43. The Bertz CT molecular complexity index is 432. The summed E-state index contributed by atoms with van der Waals surface area (Å²) in [6.45, 7) is 4.86. The first-order valence-corrected chi connectivity index (χ1v) is 7.38. The molecule has 0 unspecified atom stereocenters. The van der Waals surface area contributed by atoms with Crippen LogP contribution in [0.5, 0.6) is 0 Å². The Morgan fingerprint density at radius 1 is 1.33 bits per heavy atom. The first-order valence-electron chi connectivity index (χ1n) is 7.38. The summed E-state index contributed by atoms with van der Waals surface area (Å²) in [4.78, 5) is 39.0. The minimum absolute atomic E-state index is 0.0460. The molecule has 1 N–H and O–H groups in total. The fraction of sp³-hybridized carbons (Fsp3) is 0.786. The van der Waals surface area contributed by atoms with Gasteiger partial charge in [-0.25, -0.2) is 4.79 Å². The van der Waals surface area contributed by atoms with Crippen molar-refractivity contribution in [2.75, 3.05) is 20.3 Å². The highest BCUT2D eigenvalue weighted by Gasteiger charge is 2.41. The number of carbonyl (C=O) groups is 3. The zero-order valence-corrected chi connectivity index (χ0v) is 12.8. The Morgan fingerprint density at radius 3 is 2.48 bits per heavy atom. The monoisotopic (exact) mass is 297 g/mol. The molecule has 0 radical (unpaired) electrons. The molecule has 7 heteroatoms. The van der Waals surface area contributed by atoms with Crippen LogP contribution in [0.2, 0.25) is 0 Å². The zero-order valence-electron chi connectivity index (χ0n) is 12.8. The van der Waals surface area contributed by atoms with E-state index in [4.69, 9.17) is 4.74 Å². The molecule has 0 spiro atoms. The average molecular weight is 297 g/mol. The molecule has 0 aromatic heterocycles. The summed E-state index contributed by atoms with van der Waals surface area (Å²) in [7, 11) is 1.72. The van der Waals surface area contributed by atoms with E-state index < -0.39 is 6.04 Å². The predicted molar refractivity (Wildman–Crippen MR) is 75.5 cm³/mol. The van der Waals surface area contributed by atoms with Gasteiger partial charge in [0.15, 0.2) is 0 Å². The van der Waals surface area contributed by atoms with Gasteiger partial charge in [-0.2, -0.15) is 0 Å². The lowest BCUT2D eigenvalue weighted by Gasteiger charge is -2.31. The number of nitrogens with zero attached hydrogens (tertiary/aromatic N) is 2. The number of rotatable bonds is 3. The maximum atomic E-state index is 12.2. The summed E-state index contributed by atoms with van der Waals surface area (Å²) in [5, 5.41) is 2.68. The van der Waals surface area contributed by atoms with Gasteiger partial charge in [0.2, 0.25) is 5.91 Å². The summed E-state index contributed by atoms with van der Waals surface area (Å²) in [5.74, 6) is -0.544. The fourth-order valence-corrected chi connectivity index (χ4v) is 2.80. The predicted octanol–water partition coefficient (Wildman–Crippen LogP) is 0.343. The summed E-state index contributed by atoms with van der Waals surface area (Å²) < 4.78 is 5.27. The van der Waals surface area contributed by atoms with Crippen LogP contribution in [0.1, 0.15) is 33.1 Å². The molecule has 0 saturated carbocycles. The summed E-state index contributed by atoms with van der Waals surface area (Å²) in [5.41, 5.74) is 0. The summed E-state index contributed by atoms with van der Waals surface area (Å²) >= 11 is 0. The van der Waals surface area contributed by atoms with Crippen molar-refractivity contribution in [3.8, 4) is 0 Å². The lowest BCUT2D eigenvalue weighted by molar-refractivity contribution is -0.140. The molecule has 2 fully saturated rings. The maximum Gasteiger partial charge on any atom is 0.318 e. The van der Waals surface area contributed by atoms with Crippen LogP contribution in [0.15, 0.2) is 0 Å². The van der Waals surface area contributed by atoms with Crippen LogP contribution >= 0.6 is 0 Å². The standard InChI is InChI=1S/C14H23N3O4/c1-9(2)17-12(18)8-11(13(17)19)15-14(20)16(3)10-4-6-21-7-5-10/h9-11H,4-8H2,1-3H3,(H,15,20)/t11-/m0/s1. The van der Waals surface area contributed by atoms with Crippen molar-refractivity contribution in [2.45, 2.75) is 51.2 Å². The first kappa shape index (κ1) is 15.8. The van der Waals surface area contributed by atoms with Crippen molar-refractivity contribution >= 4 is 17.8 Å². The van der Waals surface area contributed by atoms with Gasteiger partial charge >= 0.3 is 6.03 Å². The first-order chi connectivity index (χ1) is 9.91. The summed E-state index contributed by atoms with van der Waals surface area (Å²) in [6, 6.07) is -1.11. The number of amides is 4. The van der Waals surface area contributed by atoms with Crippen LogP contribution < -0.4 is 5.32 Å². The van der Waals surface area contributed by atoms with E-state index in [2.05, 4.69) is 5.32 Å². The van der Waals surface area contributed by atoms with Gasteiger partial charge in [-0.05, 0) is 26.7 Å². The van der Waals surface area contributed by atoms with Gasteiger partial charge in [0.05, 0.1) is 6.42 Å². The Morgan fingerprint density at radius 2 is 1.95 bits per heavy atom. The molecule has 0 aromatic rings. The van der Waals surface area contributed by atoms with E-state index in [0.29, 0.717) is 13.2 Å². The third kappa shape index (κ3) is 3.34. The quantitative estimate of drug-likeness (QED) is 0.762. The fourth-order valence-electron chi connectivity index (χ4n) is 2.80. The van der Waals surface area contributed by atoms with Crippen molar-refractivity contribution in [2.24, 2.45) is 0 Å². The lowest BCUT2D eigenvalue weighted by Crippen LogP contribution is -2.51. The normalized spacial score (nSPS) is 23.8. The molecule has 2 aliphatic rings. The lowest BCUT2D eigenvalue weighted by atomic mass is 10.1. The highest BCUT2D eigenvalue weighted by Crippen LogP contribution is 2.17. The van der Waals surface area contributed by atoms with Gasteiger partial charge in [0.25, 0.3) is 5.91 Å². The molecule has 4 amide bonds. The van der Waals surface area contributed by atoms with Crippen LogP contribution in [0, 0.1) is 0 Å². The minimum Gasteiger partial charge on any atom is -0.381 e. The van der Waals surface area contributed by atoms with Gasteiger partial charge in [-0.15, -0.1) is 0 Å². The molecular weight excluding hydrogens is 274 g/mol. The summed E-state index contributed by atoms with van der Waals surface area (Å²) in [6.07, 6.45) is 1.63. The smallest absolute Gasteiger partial charge is 0.318 e. The topological polar surface area (TPSA) is 79.0 Å². The minimum atomic E-state index is -0.741. The molecule has 2 rings (SSSR count). The second-order valence-electron chi connectivity index (χ2n) is 5.86. The van der Waals surface area contributed by atoms with Crippen molar-refractivity contribution in [3.63, 3.8) is 0 Å². The van der Waals surface area contributed by atoms with E-state index in [1.165, 1.54) is 4.90 Å². The number of imide groups is 1. The number of nitrogens with one attached hydrogen (secondary N) is 1. The van der Waals surface area contributed by atoms with Gasteiger partial charge in [-0.3, -0.25) is 14.5 Å². The van der Waals surface area contributed by atoms with Crippen molar-refractivity contribution in [1.82, 2.24) is 15.1 Å². The molecule has 1 atom stereocenters. The SMILES string of the molecule is CC(C)N1C(=O)C[C@H](NC(=O)N(C)C2CCOCC2)C1=O. The molecule has 0 aromatic carbocycles.